The number of aryl methyl sites for hydroxylation is 3. The van der Waals surface area contributed by atoms with Crippen molar-refractivity contribution in [2.75, 3.05) is 0 Å². The van der Waals surface area contributed by atoms with Gasteiger partial charge in [0.1, 0.15) is 11.9 Å². The average Bonchev–Trinajstić information content (AvgIpc) is 2.53. The van der Waals surface area contributed by atoms with E-state index in [4.69, 9.17) is 0 Å². The van der Waals surface area contributed by atoms with Crippen LogP contribution in [0.1, 0.15) is 54.7 Å². The zero-order chi connectivity index (χ0) is 15.4. The molecule has 1 N–H and O–H groups in total. The van der Waals surface area contributed by atoms with Crippen LogP contribution in [0.3, 0.4) is 0 Å². The zero-order valence-electron chi connectivity index (χ0n) is 13.0. The Labute approximate surface area is 126 Å². The molecule has 0 aliphatic heterocycles. The first kappa shape index (κ1) is 15.7. The molecule has 0 aliphatic carbocycles. The number of rotatable bonds is 5. The third-order valence-corrected chi connectivity index (χ3v) is 4.04. The molecule has 1 atom stereocenters. The number of halogens is 1. The summed E-state index contributed by atoms with van der Waals surface area (Å²) in [5, 5.41) is 10.7. The Hall–Kier alpha value is -1.67. The van der Waals surface area contributed by atoms with Gasteiger partial charge in [-0.25, -0.2) is 4.39 Å². The molecule has 0 amide bonds. The fourth-order valence-corrected chi connectivity index (χ4v) is 2.80. The van der Waals surface area contributed by atoms with Crippen molar-refractivity contribution in [2.24, 2.45) is 0 Å². The largest absolute Gasteiger partial charge is 0.384 e. The highest BCUT2D eigenvalue weighted by molar-refractivity contribution is 5.44. The molecule has 21 heavy (non-hydrogen) atoms. The molecule has 0 radical (unpaired) electrons. The second-order valence-corrected chi connectivity index (χ2v) is 5.34. The van der Waals surface area contributed by atoms with Crippen molar-refractivity contribution in [1.29, 1.82) is 0 Å². The van der Waals surface area contributed by atoms with Crippen LogP contribution in [-0.2, 0) is 19.3 Å². The van der Waals surface area contributed by atoms with Crippen LogP contribution in [-0.4, -0.2) is 5.11 Å². The van der Waals surface area contributed by atoms with E-state index >= 15 is 0 Å². The van der Waals surface area contributed by atoms with Gasteiger partial charge in [0.15, 0.2) is 0 Å². The molecule has 112 valence electrons. The molecule has 1 unspecified atom stereocenters. The molecule has 0 heterocycles. The van der Waals surface area contributed by atoms with Crippen LogP contribution in [0, 0.1) is 5.82 Å². The molecule has 0 saturated heterocycles. The lowest BCUT2D eigenvalue weighted by atomic mass is 9.88. The van der Waals surface area contributed by atoms with Gasteiger partial charge in [0, 0.05) is 0 Å². The minimum absolute atomic E-state index is 0.279. The van der Waals surface area contributed by atoms with E-state index in [0.717, 1.165) is 30.4 Å². The van der Waals surface area contributed by atoms with Crippen LogP contribution >= 0.6 is 0 Å². The normalized spacial score (nSPS) is 12.4. The van der Waals surface area contributed by atoms with Crippen LogP contribution in [0.15, 0.2) is 36.4 Å². The van der Waals surface area contributed by atoms with Crippen molar-refractivity contribution >= 4 is 0 Å². The summed E-state index contributed by atoms with van der Waals surface area (Å²) in [4.78, 5) is 0. The monoisotopic (exact) mass is 286 g/mol. The Morgan fingerprint density at radius 2 is 1.43 bits per heavy atom. The summed E-state index contributed by atoms with van der Waals surface area (Å²) in [7, 11) is 0. The lowest BCUT2D eigenvalue weighted by molar-refractivity contribution is 0.218. The van der Waals surface area contributed by atoms with E-state index in [9.17, 15) is 9.50 Å². The van der Waals surface area contributed by atoms with Gasteiger partial charge in [0.05, 0.1) is 0 Å². The molecular weight excluding hydrogens is 263 g/mol. The van der Waals surface area contributed by atoms with Crippen LogP contribution < -0.4 is 0 Å². The first-order valence-corrected chi connectivity index (χ1v) is 7.68. The number of hydrogen-bond acceptors (Lipinski definition) is 1. The van der Waals surface area contributed by atoms with Crippen molar-refractivity contribution in [3.05, 3.63) is 70.0 Å². The van der Waals surface area contributed by atoms with Crippen LogP contribution in [0.4, 0.5) is 4.39 Å². The summed E-state index contributed by atoms with van der Waals surface area (Å²) in [5.41, 5.74) is 5.40. The van der Waals surface area contributed by atoms with Crippen LogP contribution in [0.5, 0.6) is 0 Å². The third-order valence-electron chi connectivity index (χ3n) is 4.04. The van der Waals surface area contributed by atoms with E-state index in [-0.39, 0.29) is 5.82 Å². The second-order valence-electron chi connectivity index (χ2n) is 5.34. The predicted octanol–water partition coefficient (Wildman–Crippen LogP) is 4.59. The Morgan fingerprint density at radius 3 is 1.86 bits per heavy atom. The first-order chi connectivity index (χ1) is 10.1. The summed E-state index contributed by atoms with van der Waals surface area (Å²) in [6, 6.07) is 10.5. The van der Waals surface area contributed by atoms with Gasteiger partial charge in [-0.15, -0.1) is 0 Å². The van der Waals surface area contributed by atoms with E-state index in [2.05, 4.69) is 32.9 Å². The molecule has 2 aromatic rings. The van der Waals surface area contributed by atoms with Gasteiger partial charge in [0.25, 0.3) is 0 Å². The Bertz CT molecular complexity index is 576. The van der Waals surface area contributed by atoms with E-state index in [1.807, 2.05) is 0 Å². The van der Waals surface area contributed by atoms with Crippen molar-refractivity contribution in [3.63, 3.8) is 0 Å². The van der Waals surface area contributed by atoms with Crippen LogP contribution in [0.25, 0.3) is 0 Å². The van der Waals surface area contributed by atoms with Gasteiger partial charge >= 0.3 is 0 Å². The molecular formula is C19H23FO. The van der Waals surface area contributed by atoms with Crippen molar-refractivity contribution < 1.29 is 9.50 Å². The summed E-state index contributed by atoms with van der Waals surface area (Å²) in [5.74, 6) is -0.279. The van der Waals surface area contributed by atoms with E-state index in [1.54, 1.807) is 12.1 Å². The smallest absolute Gasteiger partial charge is 0.123 e. The van der Waals surface area contributed by atoms with E-state index in [1.165, 1.54) is 28.8 Å². The van der Waals surface area contributed by atoms with E-state index < -0.39 is 6.10 Å². The standard InChI is InChI=1S/C19H23FO/c1-4-13-11-14(5-2)18(15(6-3)12-13)19(21)16-7-9-17(20)10-8-16/h7-12,19,21H,4-6H2,1-3H3. The topological polar surface area (TPSA) is 20.2 Å². The van der Waals surface area contributed by atoms with Gasteiger partial charge in [0.2, 0.25) is 0 Å². The zero-order valence-corrected chi connectivity index (χ0v) is 13.0. The molecule has 0 saturated carbocycles. The summed E-state index contributed by atoms with van der Waals surface area (Å²) in [6.45, 7) is 6.36. The Balaban J connectivity index is 2.52. The SMILES string of the molecule is CCc1cc(CC)c(C(O)c2ccc(F)cc2)c(CC)c1. The number of aliphatic hydroxyl groups is 1. The maximum absolute atomic E-state index is 13.1. The maximum atomic E-state index is 13.1. The van der Waals surface area contributed by atoms with Crippen molar-refractivity contribution in [2.45, 2.75) is 46.1 Å². The lowest BCUT2D eigenvalue weighted by Crippen LogP contribution is -2.08. The highest BCUT2D eigenvalue weighted by Gasteiger charge is 2.18. The molecule has 0 aromatic heterocycles. The molecule has 0 fully saturated rings. The molecule has 0 aliphatic rings. The number of benzene rings is 2. The van der Waals surface area contributed by atoms with Gasteiger partial charge in [-0.1, -0.05) is 45.0 Å². The summed E-state index contributed by atoms with van der Waals surface area (Å²) in [6.07, 6.45) is 2.07. The van der Waals surface area contributed by atoms with E-state index in [0.29, 0.717) is 0 Å². The van der Waals surface area contributed by atoms with Gasteiger partial charge < -0.3 is 5.11 Å². The van der Waals surface area contributed by atoms with Gasteiger partial charge in [-0.3, -0.25) is 0 Å². The summed E-state index contributed by atoms with van der Waals surface area (Å²) >= 11 is 0. The third kappa shape index (κ3) is 3.33. The predicted molar refractivity (Wildman–Crippen MR) is 85.0 cm³/mol. The quantitative estimate of drug-likeness (QED) is 0.852. The minimum atomic E-state index is -0.693. The molecule has 0 bridgehead atoms. The minimum Gasteiger partial charge on any atom is -0.384 e. The molecule has 2 heteroatoms. The number of hydrogen-bond donors (Lipinski definition) is 1. The molecule has 2 aromatic carbocycles. The van der Waals surface area contributed by atoms with Gasteiger partial charge in [-0.2, -0.15) is 0 Å². The summed E-state index contributed by atoms with van der Waals surface area (Å²) < 4.78 is 13.1. The lowest BCUT2D eigenvalue weighted by Gasteiger charge is -2.21. The molecule has 0 spiro atoms. The fourth-order valence-electron chi connectivity index (χ4n) is 2.80. The highest BCUT2D eigenvalue weighted by atomic mass is 19.1. The maximum Gasteiger partial charge on any atom is 0.123 e. The highest BCUT2D eigenvalue weighted by Crippen LogP contribution is 2.30. The molecule has 1 nitrogen and oxygen atoms in total. The van der Waals surface area contributed by atoms with Crippen LogP contribution in [0.2, 0.25) is 0 Å². The fraction of sp³-hybridized carbons (Fsp3) is 0.368. The Morgan fingerprint density at radius 1 is 0.905 bits per heavy atom. The average molecular weight is 286 g/mol. The first-order valence-electron chi connectivity index (χ1n) is 7.68. The van der Waals surface area contributed by atoms with Gasteiger partial charge in [-0.05, 0) is 59.2 Å². The number of aliphatic hydroxyl groups excluding tert-OH is 1. The van der Waals surface area contributed by atoms with Crippen molar-refractivity contribution in [1.82, 2.24) is 0 Å². The molecule has 2 rings (SSSR count). The Kier molecular flexibility index (Phi) is 5.13. The van der Waals surface area contributed by atoms with Crippen molar-refractivity contribution in [3.8, 4) is 0 Å². The second kappa shape index (κ2) is 6.86.